The molecule has 1 fully saturated rings. The molecule has 0 saturated carbocycles. The van der Waals surface area contributed by atoms with Crippen LogP contribution in [0.25, 0.3) is 0 Å². The number of carbonyl (C=O) groups is 3. The predicted molar refractivity (Wildman–Crippen MR) is 124 cm³/mol. The van der Waals surface area contributed by atoms with Gasteiger partial charge in [0.15, 0.2) is 12.4 Å². The fourth-order valence-electron chi connectivity index (χ4n) is 3.48. The van der Waals surface area contributed by atoms with Gasteiger partial charge < -0.3 is 10.1 Å². The highest BCUT2D eigenvalue weighted by molar-refractivity contribution is 7.89. The number of hydrogen-bond acceptors (Lipinski definition) is 6. The molecule has 2 aromatic rings. The van der Waals surface area contributed by atoms with Crippen molar-refractivity contribution in [2.45, 2.75) is 43.9 Å². The minimum atomic E-state index is -3.60. The zero-order chi connectivity index (χ0) is 23.8. The summed E-state index contributed by atoms with van der Waals surface area (Å²) in [6, 6.07) is 11.9. The highest BCUT2D eigenvalue weighted by Gasteiger charge is 2.25. The van der Waals surface area contributed by atoms with Gasteiger partial charge in [-0.15, -0.1) is 0 Å². The maximum absolute atomic E-state index is 12.8. The molecule has 1 aliphatic heterocycles. The number of nitrogens with zero attached hydrogens (tertiary/aromatic N) is 1. The summed E-state index contributed by atoms with van der Waals surface area (Å²) in [5.41, 5.74) is 1.08. The van der Waals surface area contributed by atoms with Crippen molar-refractivity contribution < 1.29 is 27.5 Å². The average Bonchev–Trinajstić information content (AvgIpc) is 3.13. The molecule has 1 amide bonds. The maximum Gasteiger partial charge on any atom is 0.338 e. The second-order valence-corrected chi connectivity index (χ2v) is 9.76. The first-order valence-electron chi connectivity index (χ1n) is 11.0. The van der Waals surface area contributed by atoms with Crippen LogP contribution in [0.2, 0.25) is 0 Å². The fourth-order valence-corrected chi connectivity index (χ4v) is 5.00. The van der Waals surface area contributed by atoms with Crippen LogP contribution in [0.5, 0.6) is 0 Å². The van der Waals surface area contributed by atoms with Gasteiger partial charge in [-0.3, -0.25) is 9.59 Å². The Morgan fingerprint density at radius 1 is 0.879 bits per heavy atom. The second kappa shape index (κ2) is 11.2. The largest absolute Gasteiger partial charge is 0.454 e. The van der Waals surface area contributed by atoms with E-state index in [9.17, 15) is 22.8 Å². The Morgan fingerprint density at radius 3 is 2.03 bits per heavy atom. The Balaban J connectivity index is 1.57. The van der Waals surface area contributed by atoms with Gasteiger partial charge in [-0.05, 0) is 61.4 Å². The Morgan fingerprint density at radius 2 is 1.45 bits per heavy atom. The zero-order valence-electron chi connectivity index (χ0n) is 18.6. The first kappa shape index (κ1) is 24.6. The van der Waals surface area contributed by atoms with E-state index in [1.54, 1.807) is 31.2 Å². The Kier molecular flexibility index (Phi) is 8.35. The number of Topliss-reactive ketones (excluding diaryl/α,β-unsaturated/α-hetero) is 1. The van der Waals surface area contributed by atoms with Crippen LogP contribution in [0, 0.1) is 0 Å². The lowest BCUT2D eigenvalue weighted by molar-refractivity contribution is -0.115. The summed E-state index contributed by atoms with van der Waals surface area (Å²) in [5, 5.41) is 2.69. The number of hydrogen-bond donors (Lipinski definition) is 1. The van der Waals surface area contributed by atoms with Crippen molar-refractivity contribution >= 4 is 33.4 Å². The quantitative estimate of drug-likeness (QED) is 0.464. The van der Waals surface area contributed by atoms with Gasteiger partial charge in [-0.2, -0.15) is 4.31 Å². The van der Waals surface area contributed by atoms with E-state index in [2.05, 4.69) is 5.32 Å². The van der Waals surface area contributed by atoms with Gasteiger partial charge in [-0.1, -0.05) is 19.8 Å². The summed E-state index contributed by atoms with van der Waals surface area (Å²) < 4.78 is 32.3. The van der Waals surface area contributed by atoms with Crippen LogP contribution in [-0.4, -0.2) is 50.1 Å². The molecule has 0 aromatic heterocycles. The third-order valence-corrected chi connectivity index (χ3v) is 7.35. The highest BCUT2D eigenvalue weighted by atomic mass is 32.2. The molecule has 1 heterocycles. The van der Waals surface area contributed by atoms with Crippen LogP contribution >= 0.6 is 0 Å². The number of anilines is 1. The number of ether oxygens (including phenoxy) is 1. The first-order chi connectivity index (χ1) is 15.8. The first-order valence-corrected chi connectivity index (χ1v) is 12.5. The van der Waals surface area contributed by atoms with E-state index in [0.717, 1.165) is 25.7 Å². The monoisotopic (exact) mass is 472 g/mol. The second-order valence-electron chi connectivity index (χ2n) is 7.82. The molecule has 1 aliphatic rings. The standard InChI is InChI=1S/C24H28N2O6S/c1-2-23(28)25-20-11-7-18(8-12-20)22(27)17-32-24(29)19-9-13-21(14-10-19)33(30,31)26-15-5-3-4-6-16-26/h7-14H,2-6,15-17H2,1H3,(H,25,28). The smallest absolute Gasteiger partial charge is 0.338 e. The normalized spacial score (nSPS) is 14.8. The van der Waals surface area contributed by atoms with Crippen molar-refractivity contribution in [2.75, 3.05) is 25.0 Å². The Bertz CT molecular complexity index is 1090. The zero-order valence-corrected chi connectivity index (χ0v) is 19.4. The minimum Gasteiger partial charge on any atom is -0.454 e. The van der Waals surface area contributed by atoms with Crippen LogP contribution in [-0.2, 0) is 19.6 Å². The van der Waals surface area contributed by atoms with E-state index in [1.165, 1.54) is 28.6 Å². The molecule has 1 N–H and O–H groups in total. The van der Waals surface area contributed by atoms with E-state index >= 15 is 0 Å². The summed E-state index contributed by atoms with van der Waals surface area (Å²) in [7, 11) is -3.60. The van der Waals surface area contributed by atoms with Crippen LogP contribution in [0.15, 0.2) is 53.4 Å². The van der Waals surface area contributed by atoms with Crippen molar-refractivity contribution in [1.82, 2.24) is 4.31 Å². The van der Waals surface area contributed by atoms with Gasteiger partial charge in [0.2, 0.25) is 15.9 Å². The lowest BCUT2D eigenvalue weighted by Crippen LogP contribution is -2.31. The topological polar surface area (TPSA) is 110 Å². The van der Waals surface area contributed by atoms with Crippen molar-refractivity contribution in [3.63, 3.8) is 0 Å². The molecule has 0 unspecified atom stereocenters. The SMILES string of the molecule is CCC(=O)Nc1ccc(C(=O)COC(=O)c2ccc(S(=O)(=O)N3CCCCCC3)cc2)cc1. The molecule has 8 nitrogen and oxygen atoms in total. The number of rotatable bonds is 8. The van der Waals surface area contributed by atoms with Gasteiger partial charge >= 0.3 is 5.97 Å². The van der Waals surface area contributed by atoms with E-state index in [0.29, 0.717) is 30.8 Å². The molecule has 176 valence electrons. The molecule has 0 radical (unpaired) electrons. The van der Waals surface area contributed by atoms with E-state index in [4.69, 9.17) is 4.74 Å². The number of benzene rings is 2. The molecule has 2 aromatic carbocycles. The van der Waals surface area contributed by atoms with Crippen molar-refractivity contribution in [1.29, 1.82) is 0 Å². The summed E-state index contributed by atoms with van der Waals surface area (Å²) in [4.78, 5) is 36.2. The summed E-state index contributed by atoms with van der Waals surface area (Å²) in [5.74, 6) is -1.24. The molecule has 1 saturated heterocycles. The number of esters is 1. The van der Waals surface area contributed by atoms with Crippen molar-refractivity contribution in [3.8, 4) is 0 Å². The third kappa shape index (κ3) is 6.49. The molecule has 9 heteroatoms. The van der Waals surface area contributed by atoms with Crippen LogP contribution in [0.1, 0.15) is 59.7 Å². The third-order valence-electron chi connectivity index (χ3n) is 5.44. The van der Waals surface area contributed by atoms with Crippen molar-refractivity contribution in [2.24, 2.45) is 0 Å². The minimum absolute atomic E-state index is 0.131. The molecular weight excluding hydrogens is 444 g/mol. The Hall–Kier alpha value is -3.04. The molecule has 0 bridgehead atoms. The lowest BCUT2D eigenvalue weighted by atomic mass is 10.1. The summed E-state index contributed by atoms with van der Waals surface area (Å²) in [6.07, 6.45) is 4.08. The number of amides is 1. The van der Waals surface area contributed by atoms with Crippen LogP contribution in [0.3, 0.4) is 0 Å². The molecule has 0 atom stereocenters. The summed E-state index contributed by atoms with van der Waals surface area (Å²) in [6.45, 7) is 2.29. The van der Waals surface area contributed by atoms with E-state index in [1.807, 2.05) is 0 Å². The van der Waals surface area contributed by atoms with E-state index in [-0.39, 0.29) is 16.4 Å². The predicted octanol–water partition coefficient (Wildman–Crippen LogP) is 3.64. The lowest BCUT2D eigenvalue weighted by Gasteiger charge is -2.19. The van der Waals surface area contributed by atoms with Gasteiger partial charge in [-0.25, -0.2) is 13.2 Å². The molecule has 33 heavy (non-hydrogen) atoms. The van der Waals surface area contributed by atoms with Crippen LogP contribution < -0.4 is 5.32 Å². The van der Waals surface area contributed by atoms with Gasteiger partial charge in [0.05, 0.1) is 10.5 Å². The molecule has 3 rings (SSSR count). The summed E-state index contributed by atoms with van der Waals surface area (Å²) >= 11 is 0. The Labute approximate surface area is 194 Å². The number of carbonyl (C=O) groups excluding carboxylic acids is 3. The van der Waals surface area contributed by atoms with Crippen molar-refractivity contribution in [3.05, 3.63) is 59.7 Å². The average molecular weight is 473 g/mol. The molecular formula is C24H28N2O6S. The number of nitrogens with one attached hydrogen (secondary N) is 1. The van der Waals surface area contributed by atoms with Gasteiger partial charge in [0.1, 0.15) is 0 Å². The molecule has 0 spiro atoms. The van der Waals surface area contributed by atoms with Crippen LogP contribution in [0.4, 0.5) is 5.69 Å². The fraction of sp³-hybridized carbons (Fsp3) is 0.375. The number of sulfonamides is 1. The maximum atomic E-state index is 12.8. The highest BCUT2D eigenvalue weighted by Crippen LogP contribution is 2.21. The molecule has 0 aliphatic carbocycles. The van der Waals surface area contributed by atoms with Gasteiger partial charge in [0, 0.05) is 30.8 Å². The van der Waals surface area contributed by atoms with Gasteiger partial charge in [0.25, 0.3) is 0 Å². The van der Waals surface area contributed by atoms with E-state index < -0.39 is 28.4 Å². The number of ketones is 1.